The molecule has 0 aliphatic carbocycles. The van der Waals surface area contributed by atoms with Gasteiger partial charge in [0, 0.05) is 54.5 Å². The summed E-state index contributed by atoms with van der Waals surface area (Å²) in [5, 5.41) is 0. The van der Waals surface area contributed by atoms with E-state index in [-0.39, 0.29) is 0 Å². The second-order valence-electron chi connectivity index (χ2n) is 16.1. The normalized spacial score (nSPS) is 19.0. The first-order valence-corrected chi connectivity index (χ1v) is 30.8. The van der Waals surface area contributed by atoms with E-state index in [0.717, 1.165) is 26.4 Å². The highest BCUT2D eigenvalue weighted by atomic mass is 32.2. The van der Waals surface area contributed by atoms with Gasteiger partial charge in [0.2, 0.25) is 0 Å². The highest BCUT2D eigenvalue weighted by molar-refractivity contribution is 7.98. The van der Waals surface area contributed by atoms with E-state index in [0.29, 0.717) is 54.5 Å². The lowest BCUT2D eigenvalue weighted by atomic mass is 10.2. The summed E-state index contributed by atoms with van der Waals surface area (Å²) >= 11 is 0. The fraction of sp³-hybridized carbons (Fsp3) is 0.444. The van der Waals surface area contributed by atoms with Crippen LogP contribution in [-0.4, -0.2) is 84.0 Å². The van der Waals surface area contributed by atoms with Gasteiger partial charge >= 0.3 is 0 Å². The molecule has 5 aromatic carbocycles. The molecule has 0 amide bonds. The van der Waals surface area contributed by atoms with Gasteiger partial charge in [0.25, 0.3) is 0 Å². The lowest BCUT2D eigenvalue weighted by molar-refractivity contribution is 0.159. The average molecular weight is 915 g/mol. The Morgan fingerprint density at radius 3 is 0.770 bits per heavy atom. The van der Waals surface area contributed by atoms with Crippen molar-refractivity contribution in [2.24, 2.45) is 0 Å². The molecule has 7 heteroatoms. The van der Waals surface area contributed by atoms with Crippen molar-refractivity contribution in [1.29, 1.82) is 0 Å². The van der Waals surface area contributed by atoms with Crippen LogP contribution in [0.4, 0.5) is 0 Å². The van der Waals surface area contributed by atoms with Gasteiger partial charge in [0.1, 0.15) is 57.5 Å². The van der Waals surface area contributed by atoms with Crippen LogP contribution in [0.5, 0.6) is 0 Å². The van der Waals surface area contributed by atoms with Crippen LogP contribution in [0.2, 0.25) is 0 Å². The number of rotatable bonds is 5. The maximum atomic E-state index is 5.35. The standard InChI is InChI=1S/C12H17S.C11H15OS.C11H15S.C10H13OS.C10H13S/c1-11-5-7-12(8-6-11)13-9-3-2-4-10-13;1-10-2-4-11(5-3-10)13-8-6-12-7-9-13;1-3-7-11(8-4-1)12-9-5-2-6-10-12;1-2-4-10(5-3-1)12-8-6-11-7-9-12;1-2-6-10(7-3-1)11-8-4-5-9-11/h5-8H,2-4,9-10H2,1H3;2-5H,6-9H2,1H3;1,3-4,7-8H,2,5-6,9-10H2;1-5H,6-9H2;1-3,6-7H,4-5,8-9H2/q5*+1. The molecular weight excluding hydrogens is 841 g/mol. The zero-order valence-corrected chi connectivity index (χ0v) is 41.3. The summed E-state index contributed by atoms with van der Waals surface area (Å²) in [5.74, 6) is 13.5. The Morgan fingerprint density at radius 2 is 0.492 bits per heavy atom. The van der Waals surface area contributed by atoms with Gasteiger partial charge in [-0.1, -0.05) is 90.0 Å². The molecule has 5 fully saturated rings. The Kier molecular flexibility index (Phi) is 22.6. The summed E-state index contributed by atoms with van der Waals surface area (Å²) < 4.78 is 10.7. The van der Waals surface area contributed by atoms with E-state index in [4.69, 9.17) is 9.47 Å². The maximum absolute atomic E-state index is 5.35. The van der Waals surface area contributed by atoms with Gasteiger partial charge in [-0.2, -0.15) is 0 Å². The van der Waals surface area contributed by atoms with Crippen LogP contribution < -0.4 is 0 Å². The summed E-state index contributed by atoms with van der Waals surface area (Å²) in [6.45, 7) is 8.06. The van der Waals surface area contributed by atoms with Crippen molar-refractivity contribution in [1.82, 2.24) is 0 Å². The lowest BCUT2D eigenvalue weighted by Gasteiger charge is -2.13. The highest BCUT2D eigenvalue weighted by Crippen LogP contribution is 2.24. The number of benzene rings is 5. The third-order valence-corrected chi connectivity index (χ3v) is 23.4. The molecule has 5 aliphatic heterocycles. The molecule has 0 atom stereocenters. The summed E-state index contributed by atoms with van der Waals surface area (Å²) in [6.07, 6.45) is 11.6. The largest absolute Gasteiger partial charge is 0.372 e. The highest BCUT2D eigenvalue weighted by Gasteiger charge is 2.28. The predicted octanol–water partition coefficient (Wildman–Crippen LogP) is 12.2. The molecule has 0 bridgehead atoms. The summed E-state index contributed by atoms with van der Waals surface area (Å²) in [5.41, 5.74) is 2.73. The van der Waals surface area contributed by atoms with Gasteiger partial charge in [-0.25, -0.2) is 0 Å². The van der Waals surface area contributed by atoms with Crippen LogP contribution in [0.3, 0.4) is 0 Å². The molecule has 0 radical (unpaired) electrons. The van der Waals surface area contributed by atoms with Crippen molar-refractivity contribution in [3.8, 4) is 0 Å². The number of ether oxygens (including phenoxy) is 2. The van der Waals surface area contributed by atoms with Gasteiger partial charge in [0.15, 0.2) is 24.5 Å². The van der Waals surface area contributed by atoms with Gasteiger partial charge < -0.3 is 9.47 Å². The number of hydrogen-bond donors (Lipinski definition) is 0. The first kappa shape index (κ1) is 48.2. The van der Waals surface area contributed by atoms with Crippen molar-refractivity contribution in [2.75, 3.05) is 84.0 Å². The number of aryl methyl sites for hydroxylation is 2. The molecule has 5 aromatic rings. The Hall–Kier alpha value is -2.23. The molecule has 10 rings (SSSR count). The molecule has 5 aliphatic rings. The second kappa shape index (κ2) is 28.5. The maximum Gasteiger partial charge on any atom is 0.155 e. The Morgan fingerprint density at radius 1 is 0.262 bits per heavy atom. The van der Waals surface area contributed by atoms with Gasteiger partial charge in [0.05, 0.1) is 26.4 Å². The lowest BCUT2D eigenvalue weighted by Crippen LogP contribution is -2.26. The average Bonchev–Trinajstić information content (AvgIpc) is 3.91. The molecule has 5 saturated heterocycles. The zero-order chi connectivity index (χ0) is 42.2. The zero-order valence-electron chi connectivity index (χ0n) is 37.2. The monoisotopic (exact) mass is 913 g/mol. The summed E-state index contributed by atoms with van der Waals surface area (Å²) in [6, 6.07) is 50.8. The van der Waals surface area contributed by atoms with E-state index in [1.54, 1.807) is 14.7 Å². The molecule has 0 aromatic heterocycles. The van der Waals surface area contributed by atoms with Gasteiger partial charge in [-0.15, -0.1) is 0 Å². The third-order valence-electron chi connectivity index (χ3n) is 11.4. The predicted molar refractivity (Wildman–Crippen MR) is 277 cm³/mol. The van der Waals surface area contributed by atoms with E-state index in [1.807, 2.05) is 0 Å². The molecule has 326 valence electrons. The molecule has 5 heterocycles. The van der Waals surface area contributed by atoms with E-state index in [9.17, 15) is 0 Å². The Balaban J connectivity index is 0.000000128. The molecule has 0 saturated carbocycles. The molecule has 61 heavy (non-hydrogen) atoms. The quantitative estimate of drug-likeness (QED) is 0.164. The fourth-order valence-corrected chi connectivity index (χ4v) is 18.5. The van der Waals surface area contributed by atoms with E-state index >= 15 is 0 Å². The van der Waals surface area contributed by atoms with Crippen LogP contribution in [0, 0.1) is 13.8 Å². The van der Waals surface area contributed by atoms with E-state index < -0.39 is 0 Å². The van der Waals surface area contributed by atoms with Crippen LogP contribution in [0.1, 0.15) is 62.5 Å². The minimum atomic E-state index is 0.459. The van der Waals surface area contributed by atoms with Crippen molar-refractivity contribution < 1.29 is 9.47 Å². The molecule has 0 N–H and O–H groups in total. The first-order chi connectivity index (χ1) is 30.1. The molecule has 0 spiro atoms. The summed E-state index contributed by atoms with van der Waals surface area (Å²) in [4.78, 5) is 7.75. The van der Waals surface area contributed by atoms with Gasteiger partial charge in [-0.05, 0) is 126 Å². The smallest absolute Gasteiger partial charge is 0.155 e. The number of hydrogen-bond acceptors (Lipinski definition) is 2. The van der Waals surface area contributed by atoms with Crippen molar-refractivity contribution in [3.63, 3.8) is 0 Å². The Labute approximate surface area is 385 Å². The van der Waals surface area contributed by atoms with E-state index in [2.05, 4.69) is 153 Å². The summed E-state index contributed by atoms with van der Waals surface area (Å²) in [7, 11) is 2.71. The SMILES string of the molecule is Cc1ccc([S+]2CCCCC2)cc1.Cc1ccc([S+]2CCOCC2)cc1.c1ccc([S+]2CCCC2)cc1.c1ccc([S+]2CCCCC2)cc1.c1ccc([S+]2CCOCC2)cc1. The van der Waals surface area contributed by atoms with Crippen molar-refractivity contribution >= 4 is 54.5 Å². The van der Waals surface area contributed by atoms with Crippen LogP contribution in [-0.2, 0) is 63.9 Å². The van der Waals surface area contributed by atoms with Crippen LogP contribution in [0.25, 0.3) is 0 Å². The van der Waals surface area contributed by atoms with Crippen molar-refractivity contribution in [2.45, 2.75) is 89.7 Å². The molecular formula is C54H73O2S5+5. The minimum absolute atomic E-state index is 0.459. The van der Waals surface area contributed by atoms with Crippen molar-refractivity contribution in [3.05, 3.63) is 151 Å². The topological polar surface area (TPSA) is 18.5 Å². The van der Waals surface area contributed by atoms with Gasteiger partial charge in [-0.3, -0.25) is 0 Å². The Bertz CT molecular complexity index is 1720. The fourth-order valence-electron chi connectivity index (χ4n) is 7.84. The first-order valence-electron chi connectivity index (χ1n) is 22.9. The molecule has 2 nitrogen and oxygen atoms in total. The third kappa shape index (κ3) is 17.7. The van der Waals surface area contributed by atoms with E-state index in [1.165, 1.54) is 130 Å². The second-order valence-corrected chi connectivity index (χ2v) is 27.5. The molecule has 0 unspecified atom stereocenters. The minimum Gasteiger partial charge on any atom is -0.372 e. The van der Waals surface area contributed by atoms with Crippen LogP contribution >= 0.6 is 0 Å². The van der Waals surface area contributed by atoms with Crippen LogP contribution in [0.15, 0.2) is 164 Å².